The Hall–Kier alpha value is -3.37. The molecule has 0 N–H and O–H groups in total. The summed E-state index contributed by atoms with van der Waals surface area (Å²) in [7, 11) is -8.39. The molecule has 0 aliphatic rings. The van der Waals surface area contributed by atoms with Crippen LogP contribution >= 0.6 is 0 Å². The molecule has 2 nitrogen and oxygen atoms in total. The molecule has 0 aromatic heterocycles. The van der Waals surface area contributed by atoms with Crippen LogP contribution in [-0.2, 0) is 14.1 Å². The molecule has 0 amide bonds. The molecular formula is C42H56O2Si4. The zero-order chi connectivity index (χ0) is 35.7. The number of hydrogen-bond acceptors (Lipinski definition) is 2. The fourth-order valence-corrected chi connectivity index (χ4v) is 17.4. The molecule has 0 saturated heterocycles. The fraction of sp³-hybridized carbons (Fsp3) is 0.238. The Balaban J connectivity index is 0.000000260. The van der Waals surface area contributed by atoms with E-state index in [0.29, 0.717) is 0 Å². The lowest BCUT2D eigenvalue weighted by Gasteiger charge is -2.48. The second kappa shape index (κ2) is 15.9. The zero-order valence-corrected chi connectivity index (χ0v) is 34.5. The van der Waals surface area contributed by atoms with E-state index < -0.39 is 38.0 Å². The van der Waals surface area contributed by atoms with Gasteiger partial charge in [-0.2, -0.15) is 0 Å². The number of hydrogen-bond donors (Lipinski definition) is 0. The van der Waals surface area contributed by atoms with Gasteiger partial charge in [0.05, 0.1) is 10.4 Å². The van der Waals surface area contributed by atoms with Gasteiger partial charge in [-0.1, -0.05) is 169 Å². The van der Waals surface area contributed by atoms with Crippen LogP contribution in [0.5, 0.6) is 0 Å². The van der Waals surface area contributed by atoms with E-state index in [9.17, 15) is 0 Å². The van der Waals surface area contributed by atoms with E-state index in [1.165, 1.54) is 21.5 Å². The summed E-state index contributed by atoms with van der Waals surface area (Å²) in [5.41, 5.74) is 10.7. The van der Waals surface area contributed by atoms with Crippen molar-refractivity contribution in [1.82, 2.24) is 0 Å². The van der Waals surface area contributed by atoms with Crippen molar-refractivity contribution in [3.63, 3.8) is 0 Å². The van der Waals surface area contributed by atoms with Gasteiger partial charge in [-0.15, -0.1) is 26.3 Å². The summed E-state index contributed by atoms with van der Waals surface area (Å²) in [4.78, 5) is 0. The molecule has 0 spiro atoms. The minimum absolute atomic E-state index is 0.291. The van der Waals surface area contributed by atoms with E-state index in [4.69, 9.17) is 8.85 Å². The first kappa shape index (κ1) is 39.1. The van der Waals surface area contributed by atoms with Gasteiger partial charge in [0, 0.05) is 0 Å². The first-order valence-corrected chi connectivity index (χ1v) is 27.9. The van der Waals surface area contributed by atoms with E-state index in [1.54, 1.807) is 0 Å². The fourth-order valence-electron chi connectivity index (χ4n) is 6.20. The maximum atomic E-state index is 7.01. The van der Waals surface area contributed by atoms with E-state index >= 15 is 0 Å². The van der Waals surface area contributed by atoms with Crippen LogP contribution in [0.2, 0.25) is 39.3 Å². The van der Waals surface area contributed by atoms with Crippen LogP contribution in [0.3, 0.4) is 0 Å². The molecule has 2 unspecified atom stereocenters. The van der Waals surface area contributed by atoms with Crippen molar-refractivity contribution < 1.29 is 8.85 Å². The molecule has 252 valence electrons. The second-order valence-corrected chi connectivity index (χ2v) is 30.7. The summed E-state index contributed by atoms with van der Waals surface area (Å²) in [6.45, 7) is 34.5. The molecule has 0 bridgehead atoms. The first-order chi connectivity index (χ1) is 22.6. The summed E-state index contributed by atoms with van der Waals surface area (Å²) in [6, 6.07) is 42.3. The third-order valence-corrected chi connectivity index (χ3v) is 23.8. The highest BCUT2D eigenvalue weighted by Crippen LogP contribution is 2.44. The summed E-state index contributed by atoms with van der Waals surface area (Å²) in [5.74, 6) is 0. The summed E-state index contributed by atoms with van der Waals surface area (Å²) < 4.78 is 13.9. The topological polar surface area (TPSA) is 18.5 Å². The van der Waals surface area contributed by atoms with Crippen molar-refractivity contribution >= 4 is 43.2 Å². The molecule has 4 rings (SSSR count). The highest BCUT2D eigenvalue weighted by Gasteiger charge is 2.51. The normalized spacial score (nSPS) is 14.7. The lowest BCUT2D eigenvalue weighted by molar-refractivity contribution is 0.183. The molecule has 0 fully saturated rings. The minimum Gasteiger partial charge on any atom is -0.406 e. The first-order valence-electron chi connectivity index (χ1n) is 16.7. The largest absolute Gasteiger partial charge is 0.406 e. The van der Waals surface area contributed by atoms with Crippen LogP contribution in [0.15, 0.2) is 170 Å². The lowest BCUT2D eigenvalue weighted by Crippen LogP contribution is -2.66. The Morgan fingerprint density at radius 1 is 0.479 bits per heavy atom. The van der Waals surface area contributed by atoms with Gasteiger partial charge < -0.3 is 8.85 Å². The quantitative estimate of drug-likeness (QED) is 0.122. The van der Waals surface area contributed by atoms with Gasteiger partial charge in [0.2, 0.25) is 16.6 Å². The average molecular weight is 705 g/mol. The molecule has 0 saturated carbocycles. The van der Waals surface area contributed by atoms with Gasteiger partial charge >= 0.3 is 0 Å². The Labute approximate surface area is 295 Å². The van der Waals surface area contributed by atoms with E-state index in [0.717, 1.165) is 0 Å². The van der Waals surface area contributed by atoms with Gasteiger partial charge in [-0.3, -0.25) is 0 Å². The van der Waals surface area contributed by atoms with Crippen molar-refractivity contribution in [3.8, 4) is 0 Å². The van der Waals surface area contributed by atoms with Crippen molar-refractivity contribution in [1.29, 1.82) is 0 Å². The van der Waals surface area contributed by atoms with Crippen LogP contribution in [-0.4, -0.2) is 38.0 Å². The van der Waals surface area contributed by atoms with Crippen molar-refractivity contribution in [3.05, 3.63) is 182 Å². The summed E-state index contributed by atoms with van der Waals surface area (Å²) in [6.07, 6.45) is 0. The minimum atomic E-state index is -2.24. The van der Waals surface area contributed by atoms with Gasteiger partial charge in [0.15, 0.2) is 0 Å². The van der Waals surface area contributed by atoms with Gasteiger partial charge in [0.25, 0.3) is 0 Å². The maximum Gasteiger partial charge on any atom is 0.245 e. The highest BCUT2D eigenvalue weighted by molar-refractivity contribution is 6.98. The van der Waals surface area contributed by atoms with Crippen LogP contribution in [0, 0.1) is 0 Å². The molecule has 4 aromatic rings. The van der Waals surface area contributed by atoms with Crippen molar-refractivity contribution in [2.24, 2.45) is 0 Å². The Kier molecular flexibility index (Phi) is 12.9. The Bertz CT molecular complexity index is 1600. The standard InChI is InChI=1S/2C21H28OSi2/c1-7-23(3,4)21(22-24(5,6)8-2,19-15-11-9-12-16-19)20-17-13-10-14-18-20;1-7-23(5,19-15-11-9-12-16-19)21(3,4)22-24(6,8-2)20-17-13-10-14-18-20/h2*7-18H,1-2H2,3-6H3. The maximum absolute atomic E-state index is 7.01. The smallest absolute Gasteiger partial charge is 0.245 e. The van der Waals surface area contributed by atoms with Crippen LogP contribution in [0.25, 0.3) is 0 Å². The van der Waals surface area contributed by atoms with E-state index in [2.05, 4.69) is 206 Å². The second-order valence-electron chi connectivity index (χ2n) is 14.3. The van der Waals surface area contributed by atoms with E-state index in [-0.39, 0.29) is 5.22 Å². The summed E-state index contributed by atoms with van der Waals surface area (Å²) >= 11 is 0. The highest BCUT2D eigenvalue weighted by atomic mass is 28.4. The summed E-state index contributed by atoms with van der Waals surface area (Å²) in [5, 5.41) is 1.84. The number of rotatable bonds is 14. The van der Waals surface area contributed by atoms with Gasteiger partial charge in [0.1, 0.15) is 16.1 Å². The van der Waals surface area contributed by atoms with Crippen LogP contribution in [0.4, 0.5) is 0 Å². The van der Waals surface area contributed by atoms with Crippen LogP contribution in [0.1, 0.15) is 25.0 Å². The predicted octanol–water partition coefficient (Wildman–Crippen LogP) is 10.1. The molecular weight excluding hydrogens is 649 g/mol. The Morgan fingerprint density at radius 2 is 0.875 bits per heavy atom. The SMILES string of the molecule is C=C[Si](C)(C)OC(c1ccccc1)(c1ccccc1)[Si](C)(C)C=C.C=C[Si](C)(OC(C)(C)[Si](C)(C=C)c1ccccc1)c1ccccc1. The van der Waals surface area contributed by atoms with Gasteiger partial charge in [-0.05, 0) is 49.8 Å². The van der Waals surface area contributed by atoms with Crippen LogP contribution < -0.4 is 10.4 Å². The Morgan fingerprint density at radius 3 is 1.23 bits per heavy atom. The molecule has 0 aliphatic heterocycles. The molecule has 48 heavy (non-hydrogen) atoms. The third kappa shape index (κ3) is 8.25. The zero-order valence-electron chi connectivity index (χ0n) is 30.5. The molecule has 6 heteroatoms. The van der Waals surface area contributed by atoms with E-state index in [1.807, 2.05) is 17.5 Å². The molecule has 0 aliphatic carbocycles. The lowest BCUT2D eigenvalue weighted by atomic mass is 10.0. The van der Waals surface area contributed by atoms with Crippen molar-refractivity contribution in [2.75, 3.05) is 0 Å². The van der Waals surface area contributed by atoms with Crippen molar-refractivity contribution in [2.45, 2.75) is 63.6 Å². The molecule has 2 atom stereocenters. The molecule has 4 aromatic carbocycles. The average Bonchev–Trinajstić information content (AvgIpc) is 3.11. The third-order valence-electron chi connectivity index (χ3n) is 9.92. The monoisotopic (exact) mass is 704 g/mol. The predicted molar refractivity (Wildman–Crippen MR) is 221 cm³/mol. The molecule has 0 heterocycles. The van der Waals surface area contributed by atoms with Gasteiger partial charge in [-0.25, -0.2) is 0 Å². The molecule has 0 radical (unpaired) electrons. The number of benzene rings is 4.